The molecule has 0 atom stereocenters. The van der Waals surface area contributed by atoms with Crippen molar-refractivity contribution in [1.29, 1.82) is 0 Å². The van der Waals surface area contributed by atoms with E-state index in [2.05, 4.69) is 5.10 Å². The molecule has 0 amide bonds. The number of nitrogens with zero attached hydrogens (tertiary/aromatic N) is 2. The van der Waals surface area contributed by atoms with Crippen LogP contribution in [0.4, 0.5) is 13.2 Å². The molecule has 2 aromatic heterocycles. The molecule has 0 aliphatic rings. The summed E-state index contributed by atoms with van der Waals surface area (Å²) in [6, 6.07) is 2.95. The summed E-state index contributed by atoms with van der Waals surface area (Å²) in [4.78, 5) is 10.3. The van der Waals surface area contributed by atoms with E-state index in [0.717, 1.165) is 17.1 Å². The molecule has 0 aliphatic carbocycles. The predicted octanol–water partition coefficient (Wildman–Crippen LogP) is 2.36. The fourth-order valence-electron chi connectivity index (χ4n) is 1.30. The Bertz CT molecular complexity index is 528. The summed E-state index contributed by atoms with van der Waals surface area (Å²) in [6.07, 6.45) is -2.27. The maximum atomic E-state index is 12.3. The van der Waals surface area contributed by atoms with Crippen LogP contribution in [0.3, 0.4) is 0 Å². The molecule has 2 heterocycles. The zero-order valence-electron chi connectivity index (χ0n) is 8.44. The smallest absolute Gasteiger partial charge is 0.419 e. The fourth-order valence-corrected chi connectivity index (χ4v) is 1.30. The first kappa shape index (κ1) is 11.4. The number of aldehydes is 1. The van der Waals surface area contributed by atoms with Gasteiger partial charge in [-0.25, -0.2) is 0 Å². The Hall–Kier alpha value is -2.05. The first-order valence-electron chi connectivity index (χ1n) is 4.62. The normalized spacial score (nSPS) is 11.7. The van der Waals surface area contributed by atoms with Crippen molar-refractivity contribution in [2.75, 3.05) is 0 Å². The van der Waals surface area contributed by atoms with Crippen LogP contribution in [0.25, 0.3) is 0 Å². The van der Waals surface area contributed by atoms with Crippen molar-refractivity contribution < 1.29 is 22.4 Å². The van der Waals surface area contributed by atoms with Crippen LogP contribution in [0.2, 0.25) is 0 Å². The minimum atomic E-state index is -4.41. The Morgan fingerprint density at radius 1 is 1.41 bits per heavy atom. The Morgan fingerprint density at radius 3 is 2.71 bits per heavy atom. The quantitative estimate of drug-likeness (QED) is 0.778. The van der Waals surface area contributed by atoms with Crippen LogP contribution in [-0.4, -0.2) is 16.1 Å². The number of furan rings is 1. The minimum Gasteiger partial charge on any atom is -0.456 e. The third kappa shape index (κ3) is 2.55. The van der Waals surface area contributed by atoms with Gasteiger partial charge in [-0.2, -0.15) is 18.3 Å². The molecule has 90 valence electrons. The molecule has 4 nitrogen and oxygen atoms in total. The second-order valence-electron chi connectivity index (χ2n) is 3.35. The fraction of sp³-hybridized carbons (Fsp3) is 0.200. The number of carbonyl (C=O) groups is 1. The Balaban J connectivity index is 2.14. The third-order valence-corrected chi connectivity index (χ3v) is 2.08. The van der Waals surface area contributed by atoms with Gasteiger partial charge in [0.2, 0.25) is 0 Å². The van der Waals surface area contributed by atoms with Gasteiger partial charge >= 0.3 is 6.18 Å². The van der Waals surface area contributed by atoms with Gasteiger partial charge in [0, 0.05) is 6.20 Å². The van der Waals surface area contributed by atoms with Gasteiger partial charge in [-0.15, -0.1) is 0 Å². The summed E-state index contributed by atoms with van der Waals surface area (Å²) in [7, 11) is 0. The molecule has 0 radical (unpaired) electrons. The lowest BCUT2D eigenvalue weighted by Crippen LogP contribution is -2.03. The van der Waals surface area contributed by atoms with Crippen LogP contribution in [0, 0.1) is 0 Å². The van der Waals surface area contributed by atoms with Gasteiger partial charge in [0.15, 0.2) is 12.0 Å². The maximum Gasteiger partial charge on any atom is 0.419 e. The first-order chi connectivity index (χ1) is 7.99. The van der Waals surface area contributed by atoms with E-state index in [0.29, 0.717) is 12.0 Å². The minimum absolute atomic E-state index is 0.0456. The molecule has 0 aromatic carbocycles. The molecule has 7 heteroatoms. The van der Waals surface area contributed by atoms with E-state index in [1.165, 1.54) is 12.1 Å². The molecule has 17 heavy (non-hydrogen) atoms. The lowest BCUT2D eigenvalue weighted by Gasteiger charge is -2.00. The summed E-state index contributed by atoms with van der Waals surface area (Å²) in [5.41, 5.74) is -0.820. The molecular weight excluding hydrogens is 237 g/mol. The summed E-state index contributed by atoms with van der Waals surface area (Å²) in [5, 5.41) is 3.56. The molecule has 2 rings (SSSR count). The van der Waals surface area contributed by atoms with Crippen molar-refractivity contribution in [3.05, 3.63) is 41.6 Å². The molecule has 0 saturated heterocycles. The number of hydrogen-bond donors (Lipinski definition) is 0. The van der Waals surface area contributed by atoms with Gasteiger partial charge in [-0.05, 0) is 12.1 Å². The Kier molecular flexibility index (Phi) is 2.74. The van der Waals surface area contributed by atoms with Gasteiger partial charge in [-0.1, -0.05) is 0 Å². The van der Waals surface area contributed by atoms with Crippen molar-refractivity contribution in [1.82, 2.24) is 9.78 Å². The lowest BCUT2D eigenvalue weighted by atomic mass is 10.3. The zero-order chi connectivity index (χ0) is 12.5. The highest BCUT2D eigenvalue weighted by Gasteiger charge is 2.32. The van der Waals surface area contributed by atoms with Gasteiger partial charge in [-0.3, -0.25) is 9.48 Å². The molecule has 0 spiro atoms. The SMILES string of the molecule is O=Cc1ccc(Cn2cc(C(F)(F)F)cn2)o1. The largest absolute Gasteiger partial charge is 0.456 e. The summed E-state index contributed by atoms with van der Waals surface area (Å²) in [5.74, 6) is 0.493. The van der Waals surface area contributed by atoms with E-state index in [-0.39, 0.29) is 12.3 Å². The number of alkyl halides is 3. The van der Waals surface area contributed by atoms with E-state index >= 15 is 0 Å². The monoisotopic (exact) mass is 244 g/mol. The van der Waals surface area contributed by atoms with Gasteiger partial charge in [0.25, 0.3) is 0 Å². The number of rotatable bonds is 3. The van der Waals surface area contributed by atoms with Crippen LogP contribution in [0.5, 0.6) is 0 Å². The van der Waals surface area contributed by atoms with E-state index in [9.17, 15) is 18.0 Å². The Morgan fingerprint density at radius 2 is 2.18 bits per heavy atom. The standard InChI is InChI=1S/C10H7F3N2O2/c11-10(12,13)7-3-14-15(4-7)5-8-1-2-9(6-16)17-8/h1-4,6H,5H2. The van der Waals surface area contributed by atoms with Crippen LogP contribution >= 0.6 is 0 Å². The molecule has 0 unspecified atom stereocenters. The van der Waals surface area contributed by atoms with Crippen LogP contribution in [0.15, 0.2) is 28.9 Å². The Labute approximate surface area is 93.6 Å². The molecule has 0 N–H and O–H groups in total. The summed E-state index contributed by atoms with van der Waals surface area (Å²) in [6.45, 7) is 0.0456. The molecule has 0 fully saturated rings. The molecular formula is C10H7F3N2O2. The highest BCUT2D eigenvalue weighted by molar-refractivity contribution is 5.70. The van der Waals surface area contributed by atoms with Crippen LogP contribution in [0.1, 0.15) is 21.9 Å². The topological polar surface area (TPSA) is 48.0 Å². The van der Waals surface area contributed by atoms with E-state index < -0.39 is 11.7 Å². The van der Waals surface area contributed by atoms with Gasteiger partial charge in [0.05, 0.1) is 18.3 Å². The van der Waals surface area contributed by atoms with Crippen molar-refractivity contribution >= 4 is 6.29 Å². The molecule has 0 aliphatic heterocycles. The second-order valence-corrected chi connectivity index (χ2v) is 3.35. The van der Waals surface area contributed by atoms with E-state index in [1.807, 2.05) is 0 Å². The molecule has 2 aromatic rings. The summed E-state index contributed by atoms with van der Waals surface area (Å²) < 4.78 is 42.9. The number of aromatic nitrogens is 2. The highest BCUT2D eigenvalue weighted by Crippen LogP contribution is 2.28. The second kappa shape index (κ2) is 4.08. The van der Waals surface area contributed by atoms with Crippen LogP contribution < -0.4 is 0 Å². The average Bonchev–Trinajstić information content (AvgIpc) is 2.86. The average molecular weight is 244 g/mol. The highest BCUT2D eigenvalue weighted by atomic mass is 19.4. The lowest BCUT2D eigenvalue weighted by molar-refractivity contribution is -0.137. The van der Waals surface area contributed by atoms with E-state index in [4.69, 9.17) is 4.42 Å². The van der Waals surface area contributed by atoms with E-state index in [1.54, 1.807) is 0 Å². The summed E-state index contributed by atoms with van der Waals surface area (Å²) >= 11 is 0. The molecule has 0 bridgehead atoms. The zero-order valence-corrected chi connectivity index (χ0v) is 8.44. The van der Waals surface area contributed by atoms with Crippen molar-refractivity contribution in [2.24, 2.45) is 0 Å². The number of carbonyl (C=O) groups excluding carboxylic acids is 1. The van der Waals surface area contributed by atoms with Gasteiger partial charge in [0.1, 0.15) is 5.76 Å². The van der Waals surface area contributed by atoms with Crippen molar-refractivity contribution in [3.63, 3.8) is 0 Å². The predicted molar refractivity (Wildman–Crippen MR) is 50.4 cm³/mol. The number of hydrogen-bond acceptors (Lipinski definition) is 3. The van der Waals surface area contributed by atoms with Crippen molar-refractivity contribution in [2.45, 2.75) is 12.7 Å². The number of halogens is 3. The third-order valence-electron chi connectivity index (χ3n) is 2.08. The first-order valence-corrected chi connectivity index (χ1v) is 4.62. The maximum absolute atomic E-state index is 12.3. The van der Waals surface area contributed by atoms with Crippen molar-refractivity contribution in [3.8, 4) is 0 Å². The van der Waals surface area contributed by atoms with Gasteiger partial charge < -0.3 is 4.42 Å². The molecule has 0 saturated carbocycles. The van der Waals surface area contributed by atoms with Crippen LogP contribution in [-0.2, 0) is 12.7 Å².